The van der Waals surface area contributed by atoms with Crippen LogP contribution in [-0.2, 0) is 6.42 Å². The minimum Gasteiger partial charge on any atom is -0.0859 e. The van der Waals surface area contributed by atoms with E-state index in [1.807, 2.05) is 18.2 Å². The average molecular weight is 208 g/mol. The molecule has 14 heavy (non-hydrogen) atoms. The number of hydrogen-bond donors (Lipinski definition) is 0. The molecule has 0 saturated heterocycles. The van der Waals surface area contributed by atoms with Gasteiger partial charge >= 0.3 is 0 Å². The third kappa shape index (κ3) is 1.69. The number of hydrogen-bond acceptors (Lipinski definition) is 1. The molecule has 2 rings (SSSR count). The lowest BCUT2D eigenvalue weighted by Gasteiger charge is -2.21. The quantitative estimate of drug-likeness (QED) is 0.379. The van der Waals surface area contributed by atoms with E-state index >= 15 is 0 Å². The van der Waals surface area contributed by atoms with Gasteiger partial charge in [-0.1, -0.05) is 22.8 Å². The molecule has 0 N–H and O–H groups in total. The third-order valence-electron chi connectivity index (χ3n) is 2.58. The molecule has 0 aromatic heterocycles. The summed E-state index contributed by atoms with van der Waals surface area (Å²) in [5, 5.41) is 4.50. The summed E-state index contributed by atoms with van der Waals surface area (Å²) in [4.78, 5) is 2.87. The fourth-order valence-corrected chi connectivity index (χ4v) is 2.11. The Hall–Kier alpha value is -1.18. The van der Waals surface area contributed by atoms with Crippen molar-refractivity contribution in [2.45, 2.75) is 25.3 Å². The largest absolute Gasteiger partial charge is 0.0859 e. The van der Waals surface area contributed by atoms with Gasteiger partial charge in [0.1, 0.15) is 0 Å². The molecule has 72 valence electrons. The van der Waals surface area contributed by atoms with E-state index in [-0.39, 0.29) is 6.04 Å². The van der Waals surface area contributed by atoms with Crippen molar-refractivity contribution >= 4 is 11.6 Å². The van der Waals surface area contributed by atoms with Crippen molar-refractivity contribution in [2.75, 3.05) is 0 Å². The van der Waals surface area contributed by atoms with Crippen molar-refractivity contribution in [3.8, 4) is 0 Å². The first-order valence-electron chi connectivity index (χ1n) is 4.64. The van der Waals surface area contributed by atoms with E-state index in [0.29, 0.717) is 5.02 Å². The van der Waals surface area contributed by atoms with E-state index in [4.69, 9.17) is 17.1 Å². The van der Waals surface area contributed by atoms with Crippen LogP contribution in [0.15, 0.2) is 23.3 Å². The Balaban J connectivity index is 2.46. The summed E-state index contributed by atoms with van der Waals surface area (Å²) in [6, 6.07) is 5.80. The molecule has 0 heterocycles. The maximum absolute atomic E-state index is 8.44. The van der Waals surface area contributed by atoms with Crippen LogP contribution in [-0.4, -0.2) is 0 Å². The van der Waals surface area contributed by atoms with Crippen LogP contribution >= 0.6 is 11.6 Å². The first-order chi connectivity index (χ1) is 6.81. The summed E-state index contributed by atoms with van der Waals surface area (Å²) in [7, 11) is 0. The molecule has 0 saturated carbocycles. The highest BCUT2D eigenvalue weighted by atomic mass is 35.5. The van der Waals surface area contributed by atoms with Crippen molar-refractivity contribution in [3.05, 3.63) is 44.8 Å². The zero-order chi connectivity index (χ0) is 9.97. The summed E-state index contributed by atoms with van der Waals surface area (Å²) < 4.78 is 0. The first-order valence-corrected chi connectivity index (χ1v) is 5.01. The molecule has 0 spiro atoms. The van der Waals surface area contributed by atoms with Gasteiger partial charge in [0.2, 0.25) is 0 Å². The second-order valence-corrected chi connectivity index (χ2v) is 3.89. The minimum absolute atomic E-state index is 0.0255. The van der Waals surface area contributed by atoms with Gasteiger partial charge in [0, 0.05) is 9.93 Å². The number of aryl methyl sites for hydroxylation is 1. The Bertz CT molecular complexity index is 396. The number of rotatable bonds is 1. The Morgan fingerprint density at radius 1 is 1.50 bits per heavy atom. The van der Waals surface area contributed by atoms with E-state index in [2.05, 4.69) is 10.0 Å². The molecular formula is C10H10ClN3. The number of azide groups is 1. The van der Waals surface area contributed by atoms with E-state index in [1.54, 1.807) is 0 Å². The second kappa shape index (κ2) is 3.91. The molecule has 4 heteroatoms. The van der Waals surface area contributed by atoms with Gasteiger partial charge in [0.05, 0.1) is 6.04 Å². The van der Waals surface area contributed by atoms with E-state index < -0.39 is 0 Å². The zero-order valence-electron chi connectivity index (χ0n) is 7.65. The number of benzene rings is 1. The molecule has 1 aliphatic carbocycles. The Kier molecular flexibility index (Phi) is 2.62. The van der Waals surface area contributed by atoms with Crippen LogP contribution in [0.5, 0.6) is 0 Å². The highest BCUT2D eigenvalue weighted by Crippen LogP contribution is 2.34. The molecule has 0 bridgehead atoms. The highest BCUT2D eigenvalue weighted by Gasteiger charge is 2.18. The molecule has 0 aliphatic heterocycles. The van der Waals surface area contributed by atoms with Crippen LogP contribution in [0.3, 0.4) is 0 Å². The lowest BCUT2D eigenvalue weighted by molar-refractivity contribution is 0.568. The van der Waals surface area contributed by atoms with Crippen LogP contribution in [0.2, 0.25) is 5.02 Å². The lowest BCUT2D eigenvalue weighted by atomic mass is 9.88. The first kappa shape index (κ1) is 9.38. The van der Waals surface area contributed by atoms with Gasteiger partial charge in [-0.05, 0) is 48.1 Å². The van der Waals surface area contributed by atoms with Crippen molar-refractivity contribution in [1.29, 1.82) is 0 Å². The standard InChI is InChI=1S/C10H10ClN3/c11-8-5-4-7-2-1-3-10(13-14-12)9(7)6-8/h4-6,10H,1-3H2. The normalized spacial score (nSPS) is 19.6. The van der Waals surface area contributed by atoms with Crippen LogP contribution in [0.4, 0.5) is 0 Å². The molecule has 0 fully saturated rings. The molecule has 3 nitrogen and oxygen atoms in total. The van der Waals surface area contributed by atoms with Crippen LogP contribution < -0.4 is 0 Å². The van der Waals surface area contributed by atoms with Crippen LogP contribution in [0.1, 0.15) is 30.0 Å². The van der Waals surface area contributed by atoms with Gasteiger partial charge < -0.3 is 0 Å². The number of fused-ring (bicyclic) bond motifs is 1. The van der Waals surface area contributed by atoms with Crippen molar-refractivity contribution in [2.24, 2.45) is 5.11 Å². The molecule has 0 amide bonds. The Morgan fingerprint density at radius 2 is 2.36 bits per heavy atom. The summed E-state index contributed by atoms with van der Waals surface area (Å²) >= 11 is 5.91. The third-order valence-corrected chi connectivity index (χ3v) is 2.82. The molecule has 1 aromatic rings. The monoisotopic (exact) mass is 207 g/mol. The van der Waals surface area contributed by atoms with Crippen LogP contribution in [0, 0.1) is 0 Å². The van der Waals surface area contributed by atoms with Gasteiger partial charge in [0.15, 0.2) is 0 Å². The fraction of sp³-hybridized carbons (Fsp3) is 0.400. The number of nitrogens with zero attached hydrogens (tertiary/aromatic N) is 3. The van der Waals surface area contributed by atoms with E-state index in [9.17, 15) is 0 Å². The molecule has 1 atom stereocenters. The van der Waals surface area contributed by atoms with E-state index in [0.717, 1.165) is 24.8 Å². The van der Waals surface area contributed by atoms with Crippen molar-refractivity contribution in [3.63, 3.8) is 0 Å². The molecule has 0 radical (unpaired) electrons. The van der Waals surface area contributed by atoms with Gasteiger partial charge in [-0.25, -0.2) is 0 Å². The molecule has 1 unspecified atom stereocenters. The van der Waals surface area contributed by atoms with Gasteiger partial charge in [-0.3, -0.25) is 0 Å². The Morgan fingerprint density at radius 3 is 3.14 bits per heavy atom. The van der Waals surface area contributed by atoms with Gasteiger partial charge in [-0.2, -0.15) is 0 Å². The van der Waals surface area contributed by atoms with E-state index in [1.165, 1.54) is 5.56 Å². The van der Waals surface area contributed by atoms with Gasteiger partial charge in [0.25, 0.3) is 0 Å². The SMILES string of the molecule is [N-]=[N+]=NC1CCCc2ccc(Cl)cc21. The Labute approximate surface area is 87.3 Å². The molecule has 1 aliphatic rings. The second-order valence-electron chi connectivity index (χ2n) is 3.46. The van der Waals surface area contributed by atoms with Crippen LogP contribution in [0.25, 0.3) is 10.4 Å². The smallest absolute Gasteiger partial charge is 0.0628 e. The molecule has 1 aromatic carbocycles. The number of halogens is 1. The van der Waals surface area contributed by atoms with Crippen molar-refractivity contribution in [1.82, 2.24) is 0 Å². The van der Waals surface area contributed by atoms with Crippen molar-refractivity contribution < 1.29 is 0 Å². The zero-order valence-corrected chi connectivity index (χ0v) is 8.41. The summed E-state index contributed by atoms with van der Waals surface area (Å²) in [5.41, 5.74) is 10.8. The summed E-state index contributed by atoms with van der Waals surface area (Å²) in [5.74, 6) is 0. The lowest BCUT2D eigenvalue weighted by Crippen LogP contribution is -2.07. The maximum Gasteiger partial charge on any atom is 0.0628 e. The predicted octanol–water partition coefficient (Wildman–Crippen LogP) is 4.03. The summed E-state index contributed by atoms with van der Waals surface area (Å²) in [6.45, 7) is 0. The minimum atomic E-state index is -0.0255. The average Bonchev–Trinajstić information content (AvgIpc) is 2.19. The maximum atomic E-state index is 8.44. The predicted molar refractivity (Wildman–Crippen MR) is 56.3 cm³/mol. The fourth-order valence-electron chi connectivity index (χ4n) is 1.93. The highest BCUT2D eigenvalue weighted by molar-refractivity contribution is 6.30. The van der Waals surface area contributed by atoms with Gasteiger partial charge in [-0.15, -0.1) is 0 Å². The summed E-state index contributed by atoms with van der Waals surface area (Å²) in [6.07, 6.45) is 3.07. The topological polar surface area (TPSA) is 48.8 Å². The molecular weight excluding hydrogens is 198 g/mol.